The van der Waals surface area contributed by atoms with Gasteiger partial charge in [0, 0.05) is 32.3 Å². The van der Waals surface area contributed by atoms with Gasteiger partial charge in [-0.1, -0.05) is 13.8 Å². The quantitative estimate of drug-likeness (QED) is 0.722. The summed E-state index contributed by atoms with van der Waals surface area (Å²) < 4.78 is 5.79. The summed E-state index contributed by atoms with van der Waals surface area (Å²) in [5.41, 5.74) is 5.76. The monoisotopic (exact) mass is 200 g/mol. The van der Waals surface area contributed by atoms with E-state index in [1.165, 1.54) is 6.42 Å². The fourth-order valence-electron chi connectivity index (χ4n) is 1.83. The van der Waals surface area contributed by atoms with Gasteiger partial charge in [0.1, 0.15) is 0 Å². The fourth-order valence-corrected chi connectivity index (χ4v) is 1.83. The molecule has 1 aliphatic heterocycles. The Morgan fingerprint density at radius 1 is 1.43 bits per heavy atom. The second-order valence-corrected chi connectivity index (χ2v) is 4.87. The van der Waals surface area contributed by atoms with Crippen molar-refractivity contribution < 1.29 is 4.74 Å². The van der Waals surface area contributed by atoms with Gasteiger partial charge in [0.05, 0.1) is 6.10 Å². The molecule has 1 saturated heterocycles. The van der Waals surface area contributed by atoms with E-state index >= 15 is 0 Å². The molecule has 0 bridgehead atoms. The second-order valence-electron chi connectivity index (χ2n) is 4.87. The molecule has 0 amide bonds. The van der Waals surface area contributed by atoms with Crippen molar-refractivity contribution in [1.82, 2.24) is 4.90 Å². The van der Waals surface area contributed by atoms with Crippen LogP contribution in [0.3, 0.4) is 0 Å². The maximum atomic E-state index is 5.79. The zero-order valence-corrected chi connectivity index (χ0v) is 9.70. The molecule has 0 aromatic rings. The van der Waals surface area contributed by atoms with Crippen LogP contribution >= 0.6 is 0 Å². The van der Waals surface area contributed by atoms with Crippen LogP contribution in [0, 0.1) is 5.92 Å². The van der Waals surface area contributed by atoms with Crippen molar-refractivity contribution in [2.24, 2.45) is 11.7 Å². The number of rotatable bonds is 5. The summed E-state index contributed by atoms with van der Waals surface area (Å²) in [5, 5.41) is 0. The Morgan fingerprint density at radius 2 is 2.14 bits per heavy atom. The summed E-state index contributed by atoms with van der Waals surface area (Å²) in [7, 11) is 0. The van der Waals surface area contributed by atoms with Gasteiger partial charge in [-0.3, -0.25) is 4.90 Å². The van der Waals surface area contributed by atoms with E-state index in [4.69, 9.17) is 10.5 Å². The molecule has 1 rings (SSSR count). The van der Waals surface area contributed by atoms with E-state index in [9.17, 15) is 0 Å². The van der Waals surface area contributed by atoms with Crippen molar-refractivity contribution in [3.05, 3.63) is 0 Å². The van der Waals surface area contributed by atoms with E-state index < -0.39 is 0 Å². The molecular weight excluding hydrogens is 176 g/mol. The number of nitrogens with zero attached hydrogens (tertiary/aromatic N) is 1. The lowest BCUT2D eigenvalue weighted by molar-refractivity contribution is 0.0415. The minimum absolute atomic E-state index is 0.277. The van der Waals surface area contributed by atoms with Crippen molar-refractivity contribution in [2.45, 2.75) is 39.3 Å². The Balaban J connectivity index is 2.14. The van der Waals surface area contributed by atoms with Gasteiger partial charge in [0.25, 0.3) is 0 Å². The van der Waals surface area contributed by atoms with Crippen LogP contribution in [0.5, 0.6) is 0 Å². The predicted octanol–water partition coefficient (Wildman–Crippen LogP) is 1.08. The van der Waals surface area contributed by atoms with E-state index in [0.29, 0.717) is 12.0 Å². The fraction of sp³-hybridized carbons (Fsp3) is 1.00. The molecule has 2 N–H and O–H groups in total. The summed E-state index contributed by atoms with van der Waals surface area (Å²) in [4.78, 5) is 2.40. The van der Waals surface area contributed by atoms with Gasteiger partial charge >= 0.3 is 0 Å². The third-order valence-corrected chi connectivity index (χ3v) is 2.44. The first-order valence-corrected chi connectivity index (χ1v) is 5.67. The molecular formula is C11H24N2O. The summed E-state index contributed by atoms with van der Waals surface area (Å²) in [5.74, 6) is 0.637. The topological polar surface area (TPSA) is 38.5 Å². The molecule has 84 valence electrons. The number of hydrogen-bond donors (Lipinski definition) is 1. The smallest absolute Gasteiger partial charge is 0.0714 e. The van der Waals surface area contributed by atoms with Crippen LogP contribution in [0.4, 0.5) is 0 Å². The van der Waals surface area contributed by atoms with Crippen LogP contribution in [-0.2, 0) is 4.74 Å². The zero-order chi connectivity index (χ0) is 10.6. The third-order valence-electron chi connectivity index (χ3n) is 2.44. The highest BCUT2D eigenvalue weighted by atomic mass is 16.5. The van der Waals surface area contributed by atoms with Gasteiger partial charge in [-0.25, -0.2) is 0 Å². The molecule has 3 heteroatoms. The SMILES string of the molecule is CC(C)COC1CCN(CC(C)N)C1. The minimum Gasteiger partial charge on any atom is -0.377 e. The molecule has 3 nitrogen and oxygen atoms in total. The first kappa shape index (κ1) is 12.0. The van der Waals surface area contributed by atoms with E-state index in [-0.39, 0.29) is 6.04 Å². The molecule has 1 aliphatic rings. The lowest BCUT2D eigenvalue weighted by Gasteiger charge is -2.18. The van der Waals surface area contributed by atoms with Crippen LogP contribution in [0.2, 0.25) is 0 Å². The Hall–Kier alpha value is -0.120. The highest BCUT2D eigenvalue weighted by molar-refractivity contribution is 4.78. The zero-order valence-electron chi connectivity index (χ0n) is 9.70. The van der Waals surface area contributed by atoms with E-state index in [1.54, 1.807) is 0 Å². The van der Waals surface area contributed by atoms with Gasteiger partial charge in [-0.2, -0.15) is 0 Å². The number of nitrogens with two attached hydrogens (primary N) is 1. The first-order chi connectivity index (χ1) is 6.58. The highest BCUT2D eigenvalue weighted by Crippen LogP contribution is 2.13. The summed E-state index contributed by atoms with van der Waals surface area (Å²) in [6.45, 7) is 10.5. The van der Waals surface area contributed by atoms with E-state index in [2.05, 4.69) is 25.7 Å². The summed E-state index contributed by atoms with van der Waals surface area (Å²) in [6, 6.07) is 0.277. The van der Waals surface area contributed by atoms with Gasteiger partial charge in [-0.05, 0) is 19.3 Å². The lowest BCUT2D eigenvalue weighted by Crippen LogP contribution is -2.34. The van der Waals surface area contributed by atoms with Crippen molar-refractivity contribution >= 4 is 0 Å². The van der Waals surface area contributed by atoms with Crippen LogP contribution in [-0.4, -0.2) is 43.3 Å². The number of ether oxygens (including phenoxy) is 1. The summed E-state index contributed by atoms with van der Waals surface area (Å²) in [6.07, 6.45) is 1.61. The Labute approximate surface area is 87.6 Å². The Kier molecular flexibility index (Phi) is 4.85. The Morgan fingerprint density at radius 3 is 2.71 bits per heavy atom. The van der Waals surface area contributed by atoms with Crippen molar-refractivity contribution in [1.29, 1.82) is 0 Å². The van der Waals surface area contributed by atoms with Gasteiger partial charge in [0.2, 0.25) is 0 Å². The maximum Gasteiger partial charge on any atom is 0.0714 e. The largest absolute Gasteiger partial charge is 0.377 e. The highest BCUT2D eigenvalue weighted by Gasteiger charge is 2.23. The maximum absolute atomic E-state index is 5.79. The van der Waals surface area contributed by atoms with Gasteiger partial charge < -0.3 is 10.5 Å². The van der Waals surface area contributed by atoms with Crippen molar-refractivity contribution in [3.63, 3.8) is 0 Å². The van der Waals surface area contributed by atoms with Crippen molar-refractivity contribution in [3.8, 4) is 0 Å². The van der Waals surface area contributed by atoms with Gasteiger partial charge in [-0.15, -0.1) is 0 Å². The van der Waals surface area contributed by atoms with Crippen molar-refractivity contribution in [2.75, 3.05) is 26.2 Å². The molecule has 0 aromatic carbocycles. The minimum atomic E-state index is 0.277. The third kappa shape index (κ3) is 4.40. The molecule has 0 spiro atoms. The normalized spacial score (nSPS) is 25.9. The molecule has 2 unspecified atom stereocenters. The van der Waals surface area contributed by atoms with Gasteiger partial charge in [0.15, 0.2) is 0 Å². The van der Waals surface area contributed by atoms with Crippen LogP contribution < -0.4 is 5.73 Å². The second kappa shape index (κ2) is 5.69. The first-order valence-electron chi connectivity index (χ1n) is 5.67. The molecule has 1 heterocycles. The van der Waals surface area contributed by atoms with Crippen LogP contribution in [0.1, 0.15) is 27.2 Å². The number of likely N-dealkylation sites (tertiary alicyclic amines) is 1. The molecule has 1 fully saturated rings. The van der Waals surface area contributed by atoms with Crippen LogP contribution in [0.25, 0.3) is 0 Å². The molecule has 2 atom stereocenters. The number of hydrogen-bond acceptors (Lipinski definition) is 3. The molecule has 0 saturated carbocycles. The predicted molar refractivity (Wildman–Crippen MR) is 59.3 cm³/mol. The van der Waals surface area contributed by atoms with Crippen LogP contribution in [0.15, 0.2) is 0 Å². The molecule has 0 aromatic heterocycles. The average molecular weight is 200 g/mol. The Bertz CT molecular complexity index is 159. The summed E-state index contributed by atoms with van der Waals surface area (Å²) >= 11 is 0. The average Bonchev–Trinajstić information content (AvgIpc) is 2.47. The van der Waals surface area contributed by atoms with E-state index in [0.717, 1.165) is 26.2 Å². The standard InChI is InChI=1S/C11H24N2O/c1-9(2)8-14-11-4-5-13(7-11)6-10(3)12/h9-11H,4-8,12H2,1-3H3. The molecule has 0 aliphatic carbocycles. The lowest BCUT2D eigenvalue weighted by atomic mass is 10.2. The van der Waals surface area contributed by atoms with E-state index in [1.807, 2.05) is 0 Å². The molecule has 14 heavy (non-hydrogen) atoms. The molecule has 0 radical (unpaired) electrons.